The highest BCUT2D eigenvalue weighted by Crippen LogP contribution is 2.30. The summed E-state index contributed by atoms with van der Waals surface area (Å²) in [5.41, 5.74) is 6.98. The number of hydrogen-bond acceptors (Lipinski definition) is 3. The lowest BCUT2D eigenvalue weighted by molar-refractivity contribution is 0.146. The van der Waals surface area contributed by atoms with Gasteiger partial charge >= 0.3 is 0 Å². The molecule has 1 aromatic heterocycles. The second-order valence-corrected chi connectivity index (χ2v) is 4.92. The summed E-state index contributed by atoms with van der Waals surface area (Å²) in [5, 5.41) is 0. The molecule has 1 aliphatic heterocycles. The van der Waals surface area contributed by atoms with Gasteiger partial charge in [0.25, 0.3) is 0 Å². The van der Waals surface area contributed by atoms with Crippen molar-refractivity contribution < 1.29 is 0 Å². The standard InChI is InChI=1S/C14H23N3/c1-2-3-9-17-10-5-4-6-13(17)12-7-8-14(15)16-11-12/h7-8,11,13H,2-6,9-10H2,1H3,(H2,15,16). The van der Waals surface area contributed by atoms with Crippen molar-refractivity contribution in [2.45, 2.75) is 45.1 Å². The summed E-state index contributed by atoms with van der Waals surface area (Å²) in [6.45, 7) is 4.70. The third kappa shape index (κ3) is 3.19. The Labute approximate surface area is 104 Å². The predicted molar refractivity (Wildman–Crippen MR) is 71.7 cm³/mol. The van der Waals surface area contributed by atoms with Crippen LogP contribution >= 0.6 is 0 Å². The molecule has 17 heavy (non-hydrogen) atoms. The molecule has 0 bridgehead atoms. The number of aromatic nitrogens is 1. The summed E-state index contributed by atoms with van der Waals surface area (Å²) >= 11 is 0. The van der Waals surface area contributed by atoms with Crippen molar-refractivity contribution in [1.82, 2.24) is 9.88 Å². The lowest BCUT2D eigenvalue weighted by Gasteiger charge is -2.35. The summed E-state index contributed by atoms with van der Waals surface area (Å²) < 4.78 is 0. The fourth-order valence-electron chi connectivity index (χ4n) is 2.61. The monoisotopic (exact) mass is 233 g/mol. The third-order valence-electron chi connectivity index (χ3n) is 3.61. The molecule has 0 aromatic carbocycles. The molecule has 1 atom stereocenters. The van der Waals surface area contributed by atoms with E-state index in [0.29, 0.717) is 11.9 Å². The number of nitrogens with two attached hydrogens (primary N) is 1. The van der Waals surface area contributed by atoms with Crippen LogP contribution in [0.25, 0.3) is 0 Å². The number of hydrogen-bond donors (Lipinski definition) is 1. The first kappa shape index (κ1) is 12.4. The molecular weight excluding hydrogens is 210 g/mol. The maximum atomic E-state index is 5.65. The summed E-state index contributed by atoms with van der Waals surface area (Å²) in [6, 6.07) is 4.61. The molecule has 0 spiro atoms. The molecule has 2 heterocycles. The second kappa shape index (κ2) is 6.01. The second-order valence-electron chi connectivity index (χ2n) is 4.92. The van der Waals surface area contributed by atoms with E-state index >= 15 is 0 Å². The van der Waals surface area contributed by atoms with Crippen molar-refractivity contribution in [3.05, 3.63) is 23.9 Å². The predicted octanol–water partition coefficient (Wildman–Crippen LogP) is 2.99. The number of piperidine rings is 1. The molecule has 2 rings (SSSR count). The van der Waals surface area contributed by atoms with Crippen LogP contribution in [-0.2, 0) is 0 Å². The van der Waals surface area contributed by atoms with Gasteiger partial charge in [0, 0.05) is 12.2 Å². The molecular formula is C14H23N3. The summed E-state index contributed by atoms with van der Waals surface area (Å²) in [4.78, 5) is 6.83. The van der Waals surface area contributed by atoms with Gasteiger partial charge < -0.3 is 5.73 Å². The van der Waals surface area contributed by atoms with Gasteiger partial charge in [-0.2, -0.15) is 0 Å². The lowest BCUT2D eigenvalue weighted by atomic mass is 9.96. The molecule has 1 fully saturated rings. The lowest BCUT2D eigenvalue weighted by Crippen LogP contribution is -2.34. The van der Waals surface area contributed by atoms with Gasteiger partial charge in [-0.15, -0.1) is 0 Å². The maximum absolute atomic E-state index is 5.65. The fourth-order valence-corrected chi connectivity index (χ4v) is 2.61. The minimum Gasteiger partial charge on any atom is -0.384 e. The van der Waals surface area contributed by atoms with Crippen LogP contribution in [0.1, 0.15) is 50.6 Å². The molecule has 1 saturated heterocycles. The van der Waals surface area contributed by atoms with E-state index in [1.165, 1.54) is 50.8 Å². The van der Waals surface area contributed by atoms with E-state index in [1.807, 2.05) is 12.3 Å². The zero-order valence-corrected chi connectivity index (χ0v) is 10.7. The number of likely N-dealkylation sites (tertiary alicyclic amines) is 1. The van der Waals surface area contributed by atoms with E-state index in [0.717, 1.165) is 0 Å². The summed E-state index contributed by atoms with van der Waals surface area (Å²) in [5.74, 6) is 0.615. The van der Waals surface area contributed by atoms with E-state index in [1.54, 1.807) is 0 Å². The zero-order chi connectivity index (χ0) is 12.1. The molecule has 3 heteroatoms. The van der Waals surface area contributed by atoms with Crippen LogP contribution in [0.2, 0.25) is 0 Å². The highest BCUT2D eigenvalue weighted by molar-refractivity contribution is 5.30. The SMILES string of the molecule is CCCCN1CCCCC1c1ccc(N)nc1. The Bertz CT molecular complexity index is 334. The van der Waals surface area contributed by atoms with Crippen molar-refractivity contribution in [3.63, 3.8) is 0 Å². The first-order valence-corrected chi connectivity index (χ1v) is 6.76. The van der Waals surface area contributed by atoms with E-state index in [4.69, 9.17) is 5.73 Å². The Hall–Kier alpha value is -1.09. The van der Waals surface area contributed by atoms with Crippen LogP contribution in [0.3, 0.4) is 0 Å². The van der Waals surface area contributed by atoms with Crippen molar-refractivity contribution in [3.8, 4) is 0 Å². The Morgan fingerprint density at radius 3 is 3.00 bits per heavy atom. The van der Waals surface area contributed by atoms with Gasteiger partial charge in [0.15, 0.2) is 0 Å². The van der Waals surface area contributed by atoms with Gasteiger partial charge in [0.1, 0.15) is 5.82 Å². The Balaban J connectivity index is 2.07. The maximum Gasteiger partial charge on any atom is 0.123 e. The van der Waals surface area contributed by atoms with Crippen LogP contribution in [0, 0.1) is 0 Å². The number of unbranched alkanes of at least 4 members (excludes halogenated alkanes) is 1. The molecule has 3 nitrogen and oxygen atoms in total. The van der Waals surface area contributed by atoms with Crippen molar-refractivity contribution in [1.29, 1.82) is 0 Å². The normalized spacial score (nSPS) is 21.6. The topological polar surface area (TPSA) is 42.1 Å². The quantitative estimate of drug-likeness (QED) is 0.869. The Kier molecular flexibility index (Phi) is 4.37. The molecule has 1 unspecified atom stereocenters. The number of pyridine rings is 1. The summed E-state index contributed by atoms with van der Waals surface area (Å²) in [7, 11) is 0. The smallest absolute Gasteiger partial charge is 0.123 e. The van der Waals surface area contributed by atoms with Gasteiger partial charge in [0.05, 0.1) is 0 Å². The molecule has 0 amide bonds. The molecule has 0 radical (unpaired) electrons. The number of rotatable bonds is 4. The van der Waals surface area contributed by atoms with Crippen molar-refractivity contribution in [2.24, 2.45) is 0 Å². The molecule has 94 valence electrons. The van der Waals surface area contributed by atoms with E-state index in [2.05, 4.69) is 22.9 Å². The van der Waals surface area contributed by atoms with Gasteiger partial charge in [-0.25, -0.2) is 4.98 Å². The number of nitrogens with zero attached hydrogens (tertiary/aromatic N) is 2. The average molecular weight is 233 g/mol. The first-order valence-electron chi connectivity index (χ1n) is 6.76. The number of anilines is 1. The van der Waals surface area contributed by atoms with Crippen LogP contribution in [-0.4, -0.2) is 23.0 Å². The average Bonchev–Trinajstić information content (AvgIpc) is 2.38. The van der Waals surface area contributed by atoms with E-state index in [9.17, 15) is 0 Å². The van der Waals surface area contributed by atoms with E-state index < -0.39 is 0 Å². The van der Waals surface area contributed by atoms with Crippen LogP contribution in [0.5, 0.6) is 0 Å². The first-order chi connectivity index (χ1) is 8.31. The Morgan fingerprint density at radius 1 is 1.41 bits per heavy atom. The Morgan fingerprint density at radius 2 is 2.29 bits per heavy atom. The highest BCUT2D eigenvalue weighted by atomic mass is 15.2. The van der Waals surface area contributed by atoms with Crippen LogP contribution in [0.15, 0.2) is 18.3 Å². The summed E-state index contributed by atoms with van der Waals surface area (Å²) in [6.07, 6.45) is 8.43. The highest BCUT2D eigenvalue weighted by Gasteiger charge is 2.23. The third-order valence-corrected chi connectivity index (χ3v) is 3.61. The van der Waals surface area contributed by atoms with Crippen molar-refractivity contribution >= 4 is 5.82 Å². The molecule has 2 N–H and O–H groups in total. The fraction of sp³-hybridized carbons (Fsp3) is 0.643. The molecule has 0 saturated carbocycles. The largest absolute Gasteiger partial charge is 0.384 e. The molecule has 1 aromatic rings. The van der Waals surface area contributed by atoms with Crippen LogP contribution < -0.4 is 5.73 Å². The van der Waals surface area contributed by atoms with Gasteiger partial charge in [-0.05, 0) is 44.0 Å². The van der Waals surface area contributed by atoms with Crippen LogP contribution in [0.4, 0.5) is 5.82 Å². The van der Waals surface area contributed by atoms with Gasteiger partial charge in [-0.3, -0.25) is 4.90 Å². The number of nitrogen functional groups attached to an aromatic ring is 1. The van der Waals surface area contributed by atoms with Gasteiger partial charge in [-0.1, -0.05) is 25.8 Å². The minimum absolute atomic E-state index is 0.559. The van der Waals surface area contributed by atoms with E-state index in [-0.39, 0.29) is 0 Å². The zero-order valence-electron chi connectivity index (χ0n) is 10.7. The van der Waals surface area contributed by atoms with Crippen molar-refractivity contribution in [2.75, 3.05) is 18.8 Å². The molecule has 1 aliphatic rings. The molecule has 0 aliphatic carbocycles. The van der Waals surface area contributed by atoms with Gasteiger partial charge in [0.2, 0.25) is 0 Å². The minimum atomic E-state index is 0.559.